The molecule has 0 aliphatic carbocycles. The number of halogens is 2. The Morgan fingerprint density at radius 3 is 2.80 bits per heavy atom. The molecule has 1 saturated heterocycles. The summed E-state index contributed by atoms with van der Waals surface area (Å²) >= 11 is 5.74. The second-order valence-electron chi connectivity index (χ2n) is 4.52. The summed E-state index contributed by atoms with van der Waals surface area (Å²) < 4.78 is 18.4. The van der Waals surface area contributed by atoms with E-state index in [9.17, 15) is 9.50 Å². The number of hydrogen-bond acceptors (Lipinski definition) is 3. The fourth-order valence-electron chi connectivity index (χ4n) is 1.95. The number of aliphatic imine (C=N–C) groups is 1. The van der Waals surface area contributed by atoms with E-state index in [-0.39, 0.29) is 11.6 Å². The summed E-state index contributed by atoms with van der Waals surface area (Å²) in [7, 11) is 0. The highest BCUT2D eigenvalue weighted by molar-refractivity contribution is 6.30. The minimum atomic E-state index is -0.942. The van der Waals surface area contributed by atoms with Gasteiger partial charge in [-0.25, -0.2) is 4.39 Å². The van der Waals surface area contributed by atoms with Gasteiger partial charge in [0.25, 0.3) is 0 Å². The molecule has 110 valence electrons. The van der Waals surface area contributed by atoms with Gasteiger partial charge in [0.05, 0.1) is 25.9 Å². The van der Waals surface area contributed by atoms with E-state index in [0.29, 0.717) is 37.8 Å². The second kappa shape index (κ2) is 6.88. The third kappa shape index (κ3) is 4.06. The van der Waals surface area contributed by atoms with Crippen molar-refractivity contribution in [2.45, 2.75) is 6.10 Å². The van der Waals surface area contributed by atoms with Gasteiger partial charge < -0.3 is 20.5 Å². The predicted octanol–water partition coefficient (Wildman–Crippen LogP) is 1.16. The fraction of sp³-hybridized carbons (Fsp3) is 0.462. The van der Waals surface area contributed by atoms with Crippen molar-refractivity contribution in [2.24, 2.45) is 10.7 Å². The predicted molar refractivity (Wildman–Crippen MR) is 75.3 cm³/mol. The molecule has 20 heavy (non-hydrogen) atoms. The monoisotopic (exact) mass is 301 g/mol. The molecule has 1 atom stereocenters. The van der Waals surface area contributed by atoms with Crippen molar-refractivity contribution < 1.29 is 14.2 Å². The zero-order valence-corrected chi connectivity index (χ0v) is 11.7. The Hall–Kier alpha value is -1.37. The Morgan fingerprint density at radius 1 is 1.45 bits per heavy atom. The van der Waals surface area contributed by atoms with Crippen LogP contribution in [0.15, 0.2) is 23.2 Å². The van der Waals surface area contributed by atoms with Gasteiger partial charge in [-0.15, -0.1) is 0 Å². The molecular weight excluding hydrogens is 285 g/mol. The maximum absolute atomic E-state index is 13.2. The Morgan fingerprint density at radius 2 is 2.15 bits per heavy atom. The van der Waals surface area contributed by atoms with Crippen LogP contribution < -0.4 is 5.73 Å². The Balaban J connectivity index is 1.98. The van der Waals surface area contributed by atoms with E-state index < -0.39 is 11.9 Å². The minimum absolute atomic E-state index is 0.0585. The summed E-state index contributed by atoms with van der Waals surface area (Å²) in [5, 5.41) is 10.2. The van der Waals surface area contributed by atoms with E-state index in [4.69, 9.17) is 22.1 Å². The highest BCUT2D eigenvalue weighted by atomic mass is 35.5. The molecule has 1 fully saturated rings. The number of aliphatic hydroxyl groups excluding tert-OH is 1. The molecule has 1 heterocycles. The van der Waals surface area contributed by atoms with Gasteiger partial charge in [0.15, 0.2) is 5.96 Å². The van der Waals surface area contributed by atoms with Gasteiger partial charge in [-0.3, -0.25) is 4.99 Å². The number of benzene rings is 1. The van der Waals surface area contributed by atoms with Crippen LogP contribution in [0.1, 0.15) is 11.7 Å². The van der Waals surface area contributed by atoms with Crippen molar-refractivity contribution >= 4 is 17.6 Å². The molecule has 3 N–H and O–H groups in total. The van der Waals surface area contributed by atoms with E-state index in [0.717, 1.165) is 0 Å². The molecular formula is C13H17ClFN3O2. The Kier molecular flexibility index (Phi) is 5.17. The number of hydrogen-bond donors (Lipinski definition) is 2. The highest BCUT2D eigenvalue weighted by Crippen LogP contribution is 2.20. The van der Waals surface area contributed by atoms with Gasteiger partial charge in [-0.2, -0.15) is 0 Å². The molecule has 0 amide bonds. The zero-order chi connectivity index (χ0) is 14.5. The third-order valence-electron chi connectivity index (χ3n) is 3.03. The van der Waals surface area contributed by atoms with Crippen LogP contribution in [0.2, 0.25) is 5.02 Å². The highest BCUT2D eigenvalue weighted by Gasteiger charge is 2.14. The molecule has 0 bridgehead atoms. The summed E-state index contributed by atoms with van der Waals surface area (Å²) in [6, 6.07) is 3.93. The molecule has 0 spiro atoms. The van der Waals surface area contributed by atoms with E-state index in [1.54, 1.807) is 0 Å². The van der Waals surface area contributed by atoms with Gasteiger partial charge in [0.1, 0.15) is 5.82 Å². The number of nitrogens with two attached hydrogens (primary N) is 1. The lowest BCUT2D eigenvalue weighted by Crippen LogP contribution is -2.45. The first-order valence-electron chi connectivity index (χ1n) is 6.33. The van der Waals surface area contributed by atoms with Gasteiger partial charge >= 0.3 is 0 Å². The zero-order valence-electron chi connectivity index (χ0n) is 10.9. The topological polar surface area (TPSA) is 71.1 Å². The molecule has 1 aliphatic heterocycles. The van der Waals surface area contributed by atoms with Gasteiger partial charge in [0, 0.05) is 18.1 Å². The van der Waals surface area contributed by atoms with E-state index in [1.807, 2.05) is 4.90 Å². The van der Waals surface area contributed by atoms with E-state index in [2.05, 4.69) is 4.99 Å². The smallest absolute Gasteiger partial charge is 0.191 e. The summed E-state index contributed by atoms with van der Waals surface area (Å²) in [6.45, 7) is 2.63. The maximum Gasteiger partial charge on any atom is 0.191 e. The van der Waals surface area contributed by atoms with E-state index >= 15 is 0 Å². The lowest BCUT2D eigenvalue weighted by Gasteiger charge is -2.27. The first-order valence-corrected chi connectivity index (χ1v) is 6.71. The second-order valence-corrected chi connectivity index (χ2v) is 4.95. The molecule has 1 aromatic rings. The molecule has 5 nitrogen and oxygen atoms in total. The van der Waals surface area contributed by atoms with Crippen LogP contribution in [-0.2, 0) is 4.74 Å². The normalized spacial score (nSPS) is 18.1. The first-order chi connectivity index (χ1) is 9.56. The fourth-order valence-corrected chi connectivity index (χ4v) is 2.18. The van der Waals surface area contributed by atoms with Crippen molar-refractivity contribution in [1.82, 2.24) is 4.90 Å². The quantitative estimate of drug-likeness (QED) is 0.649. The number of guanidine groups is 1. The van der Waals surface area contributed by atoms with Gasteiger partial charge in [-0.05, 0) is 23.8 Å². The van der Waals surface area contributed by atoms with Gasteiger partial charge in [0.2, 0.25) is 0 Å². The molecule has 1 aromatic carbocycles. The molecule has 2 rings (SSSR count). The van der Waals surface area contributed by atoms with Crippen LogP contribution in [0, 0.1) is 5.82 Å². The van der Waals surface area contributed by atoms with Crippen LogP contribution in [0.5, 0.6) is 0 Å². The molecule has 1 unspecified atom stereocenters. The number of rotatable bonds is 3. The summed E-state index contributed by atoms with van der Waals surface area (Å²) in [5.41, 5.74) is 6.23. The third-order valence-corrected chi connectivity index (χ3v) is 3.25. The number of ether oxygens (including phenoxy) is 1. The Labute approximate surface area is 121 Å². The van der Waals surface area contributed by atoms with E-state index in [1.165, 1.54) is 18.2 Å². The van der Waals surface area contributed by atoms with Crippen LogP contribution in [0.25, 0.3) is 0 Å². The molecule has 1 aliphatic rings. The number of morpholine rings is 1. The van der Waals surface area contributed by atoms with Crippen molar-refractivity contribution in [2.75, 3.05) is 32.8 Å². The van der Waals surface area contributed by atoms with Crippen LogP contribution in [0.3, 0.4) is 0 Å². The van der Waals surface area contributed by atoms with Crippen molar-refractivity contribution in [1.29, 1.82) is 0 Å². The first kappa shape index (κ1) is 15.0. The van der Waals surface area contributed by atoms with Crippen molar-refractivity contribution in [3.8, 4) is 0 Å². The maximum atomic E-state index is 13.2. The van der Waals surface area contributed by atoms with Crippen LogP contribution in [-0.4, -0.2) is 48.8 Å². The number of aliphatic hydroxyl groups is 1. The summed E-state index contributed by atoms with van der Waals surface area (Å²) in [6.07, 6.45) is -0.942. The SMILES string of the molecule is NC(=NCC(O)c1cc(F)cc(Cl)c1)N1CCOCC1. The Bertz CT molecular complexity index is 472. The lowest BCUT2D eigenvalue weighted by atomic mass is 10.1. The summed E-state index contributed by atoms with van der Waals surface area (Å²) in [4.78, 5) is 6.02. The molecule has 0 saturated carbocycles. The average Bonchev–Trinajstić information content (AvgIpc) is 2.44. The molecule has 0 aromatic heterocycles. The molecule has 0 radical (unpaired) electrons. The number of nitrogens with zero attached hydrogens (tertiary/aromatic N) is 2. The molecule has 7 heteroatoms. The average molecular weight is 302 g/mol. The van der Waals surface area contributed by atoms with Gasteiger partial charge in [-0.1, -0.05) is 11.6 Å². The van der Waals surface area contributed by atoms with Crippen molar-refractivity contribution in [3.63, 3.8) is 0 Å². The van der Waals surface area contributed by atoms with Crippen molar-refractivity contribution in [3.05, 3.63) is 34.6 Å². The standard InChI is InChI=1S/C13H17ClFN3O2/c14-10-5-9(6-11(15)7-10)12(19)8-17-13(16)18-1-3-20-4-2-18/h5-7,12,19H,1-4,8H2,(H2,16,17). The van der Waals surface area contributed by atoms with Crippen LogP contribution >= 0.6 is 11.6 Å². The largest absolute Gasteiger partial charge is 0.386 e. The summed E-state index contributed by atoms with van der Waals surface area (Å²) in [5.74, 6) is -0.133. The van der Waals surface area contributed by atoms with Crippen LogP contribution in [0.4, 0.5) is 4.39 Å². The minimum Gasteiger partial charge on any atom is -0.386 e. The lowest BCUT2D eigenvalue weighted by molar-refractivity contribution is 0.0672.